The molecule has 1 nitrogen and oxygen atoms in total. The summed E-state index contributed by atoms with van der Waals surface area (Å²) in [6, 6.07) is 8.60. The third kappa shape index (κ3) is 1.49. The third-order valence-corrected chi connectivity index (χ3v) is 3.87. The molecule has 0 N–H and O–H groups in total. The number of ketones is 1. The molecule has 0 unspecified atom stereocenters. The summed E-state index contributed by atoms with van der Waals surface area (Å²) in [5.74, 6) is 0.177. The summed E-state index contributed by atoms with van der Waals surface area (Å²) < 4.78 is 0. The van der Waals surface area contributed by atoms with Crippen molar-refractivity contribution in [3.05, 3.63) is 46.5 Å². The molecule has 86 valence electrons. The highest BCUT2D eigenvalue weighted by Gasteiger charge is 2.17. The average molecular weight is 224 g/mol. The van der Waals surface area contributed by atoms with E-state index in [0.717, 1.165) is 17.5 Å². The number of rotatable bonds is 1. The van der Waals surface area contributed by atoms with Crippen LogP contribution in [0.5, 0.6) is 0 Å². The van der Waals surface area contributed by atoms with Crippen molar-refractivity contribution in [2.45, 2.75) is 33.1 Å². The highest BCUT2D eigenvalue weighted by Crippen LogP contribution is 2.33. The lowest BCUT2D eigenvalue weighted by Crippen LogP contribution is -2.06. The molecule has 1 aliphatic carbocycles. The number of hydrogen-bond acceptors (Lipinski definition) is 1. The van der Waals surface area contributed by atoms with Crippen LogP contribution in [0.3, 0.4) is 0 Å². The Morgan fingerprint density at radius 3 is 2.71 bits per heavy atom. The molecule has 2 aromatic carbocycles. The van der Waals surface area contributed by atoms with Crippen LogP contribution in [0.15, 0.2) is 24.3 Å². The molecule has 0 saturated heterocycles. The molecule has 0 spiro atoms. The van der Waals surface area contributed by atoms with Crippen molar-refractivity contribution in [1.82, 2.24) is 0 Å². The van der Waals surface area contributed by atoms with E-state index in [1.165, 1.54) is 34.7 Å². The summed E-state index contributed by atoms with van der Waals surface area (Å²) in [7, 11) is 0. The Kier molecular flexibility index (Phi) is 2.29. The normalized spacial score (nSPS) is 14.0. The van der Waals surface area contributed by atoms with E-state index in [4.69, 9.17) is 0 Å². The van der Waals surface area contributed by atoms with Gasteiger partial charge in [-0.1, -0.05) is 18.2 Å². The van der Waals surface area contributed by atoms with E-state index < -0.39 is 0 Å². The molecule has 2 aromatic rings. The van der Waals surface area contributed by atoms with Gasteiger partial charge in [-0.05, 0) is 66.6 Å². The van der Waals surface area contributed by atoms with Crippen LogP contribution in [0.25, 0.3) is 10.8 Å². The van der Waals surface area contributed by atoms with Crippen molar-refractivity contribution in [3.8, 4) is 0 Å². The van der Waals surface area contributed by atoms with Gasteiger partial charge in [-0.3, -0.25) is 4.79 Å². The fourth-order valence-electron chi connectivity index (χ4n) is 3.03. The Hall–Kier alpha value is -1.63. The SMILES string of the molecule is CC(=O)c1cc2c3c(cccc3c1C)CCC2. The second-order valence-corrected chi connectivity index (χ2v) is 4.96. The van der Waals surface area contributed by atoms with Crippen LogP contribution in [0.1, 0.15) is 40.4 Å². The fourth-order valence-corrected chi connectivity index (χ4v) is 3.03. The minimum Gasteiger partial charge on any atom is -0.295 e. The Balaban J connectivity index is 2.46. The van der Waals surface area contributed by atoms with Crippen molar-refractivity contribution >= 4 is 16.6 Å². The van der Waals surface area contributed by atoms with E-state index in [1.54, 1.807) is 6.92 Å². The summed E-state index contributed by atoms with van der Waals surface area (Å²) >= 11 is 0. The lowest BCUT2D eigenvalue weighted by atomic mass is 9.84. The molecule has 17 heavy (non-hydrogen) atoms. The van der Waals surface area contributed by atoms with E-state index in [1.807, 2.05) is 0 Å². The summed E-state index contributed by atoms with van der Waals surface area (Å²) in [6.45, 7) is 3.72. The maximum atomic E-state index is 11.7. The minimum atomic E-state index is 0.177. The smallest absolute Gasteiger partial charge is 0.160 e. The van der Waals surface area contributed by atoms with E-state index in [9.17, 15) is 4.79 Å². The van der Waals surface area contributed by atoms with Gasteiger partial charge in [0.15, 0.2) is 5.78 Å². The molecule has 3 rings (SSSR count). The molecule has 0 aromatic heterocycles. The maximum Gasteiger partial charge on any atom is 0.160 e. The second-order valence-electron chi connectivity index (χ2n) is 4.96. The molecule has 0 radical (unpaired) electrons. The molecule has 0 aliphatic heterocycles. The molecular formula is C16H16O. The first-order valence-corrected chi connectivity index (χ1v) is 6.23. The quantitative estimate of drug-likeness (QED) is 0.673. The topological polar surface area (TPSA) is 17.1 Å². The highest BCUT2D eigenvalue weighted by molar-refractivity contribution is 6.03. The monoisotopic (exact) mass is 224 g/mol. The van der Waals surface area contributed by atoms with E-state index in [-0.39, 0.29) is 5.78 Å². The summed E-state index contributed by atoms with van der Waals surface area (Å²) in [4.78, 5) is 11.7. The zero-order chi connectivity index (χ0) is 12.0. The van der Waals surface area contributed by atoms with Crippen LogP contribution in [-0.2, 0) is 12.8 Å². The van der Waals surface area contributed by atoms with Crippen molar-refractivity contribution in [2.75, 3.05) is 0 Å². The molecular weight excluding hydrogens is 208 g/mol. The van der Waals surface area contributed by atoms with Crippen LogP contribution in [0, 0.1) is 6.92 Å². The first kappa shape index (κ1) is 10.5. The standard InChI is InChI=1S/C16H16O/c1-10-14-8-4-6-12-5-3-7-13(16(12)14)9-15(10)11(2)17/h4,6,8-9H,3,5,7H2,1-2H3. The Morgan fingerprint density at radius 1 is 1.18 bits per heavy atom. The Morgan fingerprint density at radius 2 is 1.94 bits per heavy atom. The van der Waals surface area contributed by atoms with Gasteiger partial charge in [-0.25, -0.2) is 0 Å². The molecule has 1 heteroatoms. The van der Waals surface area contributed by atoms with Crippen molar-refractivity contribution in [1.29, 1.82) is 0 Å². The average Bonchev–Trinajstić information content (AvgIpc) is 2.33. The van der Waals surface area contributed by atoms with E-state index in [0.29, 0.717) is 0 Å². The van der Waals surface area contributed by atoms with Crippen LogP contribution >= 0.6 is 0 Å². The molecule has 0 bridgehead atoms. The van der Waals surface area contributed by atoms with Gasteiger partial charge in [0.2, 0.25) is 0 Å². The van der Waals surface area contributed by atoms with Crippen LogP contribution in [-0.4, -0.2) is 5.78 Å². The van der Waals surface area contributed by atoms with Crippen LogP contribution in [0.4, 0.5) is 0 Å². The van der Waals surface area contributed by atoms with Crippen molar-refractivity contribution in [3.63, 3.8) is 0 Å². The van der Waals surface area contributed by atoms with E-state index in [2.05, 4.69) is 31.2 Å². The minimum absolute atomic E-state index is 0.177. The molecule has 0 saturated carbocycles. The summed E-state index contributed by atoms with van der Waals surface area (Å²) in [6.07, 6.45) is 3.48. The summed E-state index contributed by atoms with van der Waals surface area (Å²) in [5, 5.41) is 2.67. The van der Waals surface area contributed by atoms with E-state index >= 15 is 0 Å². The van der Waals surface area contributed by atoms with Gasteiger partial charge in [0.05, 0.1) is 0 Å². The molecule has 0 atom stereocenters. The van der Waals surface area contributed by atoms with Gasteiger partial charge in [0.25, 0.3) is 0 Å². The maximum absolute atomic E-state index is 11.7. The molecule has 1 aliphatic rings. The van der Waals surface area contributed by atoms with Crippen molar-refractivity contribution in [2.24, 2.45) is 0 Å². The Bertz CT molecular complexity index is 623. The number of Topliss-reactive ketones (excluding diaryl/α,β-unsaturated/α-hetero) is 1. The number of hydrogen-bond donors (Lipinski definition) is 0. The van der Waals surface area contributed by atoms with Crippen LogP contribution < -0.4 is 0 Å². The third-order valence-electron chi connectivity index (χ3n) is 3.87. The molecule has 0 heterocycles. The first-order chi connectivity index (χ1) is 8.18. The fraction of sp³-hybridized carbons (Fsp3) is 0.312. The summed E-state index contributed by atoms with van der Waals surface area (Å²) in [5.41, 5.74) is 4.84. The lowest BCUT2D eigenvalue weighted by Gasteiger charge is -2.20. The second kappa shape index (κ2) is 3.69. The predicted octanol–water partition coefficient (Wildman–Crippen LogP) is 3.84. The number of carbonyl (C=O) groups is 1. The molecule has 0 amide bonds. The van der Waals surface area contributed by atoms with Gasteiger partial charge in [0.1, 0.15) is 0 Å². The lowest BCUT2D eigenvalue weighted by molar-refractivity contribution is 0.101. The Labute approximate surface area is 101 Å². The predicted molar refractivity (Wildman–Crippen MR) is 70.7 cm³/mol. The van der Waals surface area contributed by atoms with Crippen molar-refractivity contribution < 1.29 is 4.79 Å². The zero-order valence-corrected chi connectivity index (χ0v) is 10.3. The molecule has 0 fully saturated rings. The van der Waals surface area contributed by atoms with Gasteiger partial charge < -0.3 is 0 Å². The number of benzene rings is 2. The largest absolute Gasteiger partial charge is 0.295 e. The zero-order valence-electron chi connectivity index (χ0n) is 10.3. The highest BCUT2D eigenvalue weighted by atomic mass is 16.1. The van der Waals surface area contributed by atoms with Gasteiger partial charge in [-0.2, -0.15) is 0 Å². The van der Waals surface area contributed by atoms with Gasteiger partial charge in [0, 0.05) is 5.56 Å². The van der Waals surface area contributed by atoms with Gasteiger partial charge >= 0.3 is 0 Å². The van der Waals surface area contributed by atoms with Crippen LogP contribution in [0.2, 0.25) is 0 Å². The number of aryl methyl sites for hydroxylation is 3. The first-order valence-electron chi connectivity index (χ1n) is 6.23. The van der Waals surface area contributed by atoms with Gasteiger partial charge in [-0.15, -0.1) is 0 Å². The number of carbonyl (C=O) groups excluding carboxylic acids is 1.